The third-order valence-electron chi connectivity index (χ3n) is 5.39. The van der Waals surface area contributed by atoms with E-state index in [1.807, 2.05) is 18.2 Å². The van der Waals surface area contributed by atoms with Gasteiger partial charge in [-0.05, 0) is 25.0 Å². The topological polar surface area (TPSA) is 96.0 Å². The predicted octanol–water partition coefficient (Wildman–Crippen LogP) is 1.75. The van der Waals surface area contributed by atoms with Crippen molar-refractivity contribution in [2.45, 2.75) is 24.9 Å². The molecule has 2 aromatic heterocycles. The molecule has 2 unspecified atom stereocenters. The van der Waals surface area contributed by atoms with Gasteiger partial charge in [-0.25, -0.2) is 4.98 Å². The van der Waals surface area contributed by atoms with Crippen molar-refractivity contribution in [1.29, 1.82) is 0 Å². The minimum atomic E-state index is -0.124. The van der Waals surface area contributed by atoms with Crippen molar-refractivity contribution in [2.24, 2.45) is 0 Å². The predicted molar refractivity (Wildman–Crippen MR) is 101 cm³/mol. The number of H-pyrrole nitrogens is 1. The van der Waals surface area contributed by atoms with Gasteiger partial charge in [0, 0.05) is 18.2 Å². The number of rotatable bonds is 3. The standard InChI is InChI=1S/C19H20N6O2/c1-20-18(26)12-4-2-3-11(7-12)16-15-8-21-24-17(15)23-19(22-16)25-13-5-6-14(25)10-27-9-13/h2-4,7-8,13-14H,5-6,9-10H2,1H3,(H,20,26)(H,21,22,23,24). The van der Waals surface area contributed by atoms with Crippen molar-refractivity contribution in [2.75, 3.05) is 25.2 Å². The van der Waals surface area contributed by atoms with Gasteiger partial charge in [-0.3, -0.25) is 9.89 Å². The number of anilines is 1. The third-order valence-corrected chi connectivity index (χ3v) is 5.39. The monoisotopic (exact) mass is 364 g/mol. The summed E-state index contributed by atoms with van der Waals surface area (Å²) in [5.74, 6) is 0.573. The Morgan fingerprint density at radius 3 is 2.85 bits per heavy atom. The molecule has 4 heterocycles. The van der Waals surface area contributed by atoms with Crippen LogP contribution in [0.2, 0.25) is 0 Å². The van der Waals surface area contributed by atoms with Crippen LogP contribution in [0.15, 0.2) is 30.5 Å². The molecule has 1 amide bonds. The first-order valence-corrected chi connectivity index (χ1v) is 9.14. The van der Waals surface area contributed by atoms with Gasteiger partial charge in [0.2, 0.25) is 5.95 Å². The van der Waals surface area contributed by atoms with Gasteiger partial charge in [-0.2, -0.15) is 10.1 Å². The lowest BCUT2D eigenvalue weighted by Gasteiger charge is -2.34. The molecular weight excluding hydrogens is 344 g/mol. The molecule has 8 heteroatoms. The van der Waals surface area contributed by atoms with Gasteiger partial charge >= 0.3 is 0 Å². The number of nitrogens with zero attached hydrogens (tertiary/aromatic N) is 4. The van der Waals surface area contributed by atoms with E-state index in [1.165, 1.54) is 0 Å². The summed E-state index contributed by atoms with van der Waals surface area (Å²) < 4.78 is 5.69. The second kappa shape index (κ2) is 6.31. The number of carbonyl (C=O) groups is 1. The fourth-order valence-corrected chi connectivity index (χ4v) is 4.07. The number of amides is 1. The Hall–Kier alpha value is -3.00. The van der Waals surface area contributed by atoms with Gasteiger partial charge in [0.1, 0.15) is 0 Å². The van der Waals surface area contributed by atoms with Crippen molar-refractivity contribution in [3.05, 3.63) is 36.0 Å². The van der Waals surface area contributed by atoms with Crippen molar-refractivity contribution < 1.29 is 9.53 Å². The molecule has 5 rings (SSSR count). The van der Waals surface area contributed by atoms with E-state index in [0.717, 1.165) is 29.5 Å². The first-order chi connectivity index (χ1) is 13.2. The van der Waals surface area contributed by atoms with Gasteiger partial charge < -0.3 is 15.0 Å². The lowest BCUT2D eigenvalue weighted by atomic mass is 10.1. The molecule has 0 radical (unpaired) electrons. The van der Waals surface area contributed by atoms with Crippen molar-refractivity contribution in [1.82, 2.24) is 25.5 Å². The summed E-state index contributed by atoms with van der Waals surface area (Å²) >= 11 is 0. The number of aromatic nitrogens is 4. The summed E-state index contributed by atoms with van der Waals surface area (Å²) in [4.78, 5) is 23.9. The number of carbonyl (C=O) groups excluding carboxylic acids is 1. The largest absolute Gasteiger partial charge is 0.377 e. The minimum Gasteiger partial charge on any atom is -0.377 e. The van der Waals surface area contributed by atoms with Gasteiger partial charge in [-0.15, -0.1) is 0 Å². The molecule has 8 nitrogen and oxygen atoms in total. The quantitative estimate of drug-likeness (QED) is 0.735. The lowest BCUT2D eigenvalue weighted by molar-refractivity contribution is 0.0898. The Balaban J connectivity index is 1.64. The summed E-state index contributed by atoms with van der Waals surface area (Å²) in [5, 5.41) is 10.6. The number of morpholine rings is 1. The van der Waals surface area contributed by atoms with E-state index in [-0.39, 0.29) is 5.91 Å². The van der Waals surface area contributed by atoms with Crippen LogP contribution in [0.5, 0.6) is 0 Å². The van der Waals surface area contributed by atoms with Crippen LogP contribution in [-0.2, 0) is 4.74 Å². The fourth-order valence-electron chi connectivity index (χ4n) is 4.07. The number of fused-ring (bicyclic) bond motifs is 3. The normalized spacial score (nSPS) is 21.6. The van der Waals surface area contributed by atoms with Crippen molar-refractivity contribution in [3.63, 3.8) is 0 Å². The van der Waals surface area contributed by atoms with Gasteiger partial charge in [0.05, 0.1) is 42.6 Å². The maximum Gasteiger partial charge on any atom is 0.251 e. The second-order valence-electron chi connectivity index (χ2n) is 6.99. The Morgan fingerprint density at radius 1 is 1.26 bits per heavy atom. The maximum absolute atomic E-state index is 12.0. The molecule has 27 heavy (non-hydrogen) atoms. The molecule has 2 fully saturated rings. The molecule has 3 aromatic rings. The average Bonchev–Trinajstić information content (AvgIpc) is 3.28. The number of ether oxygens (including phenoxy) is 1. The molecule has 2 aliphatic heterocycles. The van der Waals surface area contributed by atoms with E-state index in [4.69, 9.17) is 14.7 Å². The maximum atomic E-state index is 12.0. The molecule has 2 saturated heterocycles. The number of benzene rings is 1. The van der Waals surface area contributed by atoms with E-state index >= 15 is 0 Å². The first kappa shape index (κ1) is 16.2. The van der Waals surface area contributed by atoms with Crippen LogP contribution in [0.1, 0.15) is 23.2 Å². The molecule has 0 aliphatic carbocycles. The smallest absolute Gasteiger partial charge is 0.251 e. The second-order valence-corrected chi connectivity index (χ2v) is 6.99. The summed E-state index contributed by atoms with van der Waals surface area (Å²) in [6, 6.07) is 8.10. The first-order valence-electron chi connectivity index (χ1n) is 9.14. The molecule has 2 atom stereocenters. The highest BCUT2D eigenvalue weighted by Gasteiger charge is 2.39. The Bertz CT molecular complexity index is 1000. The molecule has 2 bridgehead atoms. The molecular formula is C19H20N6O2. The SMILES string of the molecule is CNC(=O)c1cccc(-c2nc(N3C4CCC3COC4)nc3[nH]ncc23)c1. The molecule has 0 saturated carbocycles. The zero-order valence-corrected chi connectivity index (χ0v) is 15.0. The summed E-state index contributed by atoms with van der Waals surface area (Å²) in [6.45, 7) is 1.42. The van der Waals surface area contributed by atoms with E-state index in [1.54, 1.807) is 19.3 Å². The Labute approximate surface area is 155 Å². The molecule has 2 N–H and O–H groups in total. The summed E-state index contributed by atoms with van der Waals surface area (Å²) in [6.07, 6.45) is 3.92. The van der Waals surface area contributed by atoms with Crippen molar-refractivity contribution >= 4 is 22.9 Å². The molecule has 138 valence electrons. The summed E-state index contributed by atoms with van der Waals surface area (Å²) in [5.41, 5.74) is 2.94. The minimum absolute atomic E-state index is 0.124. The third kappa shape index (κ3) is 2.64. The summed E-state index contributed by atoms with van der Waals surface area (Å²) in [7, 11) is 1.63. The zero-order chi connectivity index (χ0) is 18.4. The Kier molecular flexibility index (Phi) is 3.78. The van der Waals surface area contributed by atoms with Gasteiger partial charge in [0.15, 0.2) is 5.65 Å². The lowest BCUT2D eigenvalue weighted by Crippen LogP contribution is -2.46. The van der Waals surface area contributed by atoms with Crippen LogP contribution in [0.25, 0.3) is 22.3 Å². The van der Waals surface area contributed by atoms with Crippen molar-refractivity contribution in [3.8, 4) is 11.3 Å². The molecule has 1 aromatic carbocycles. The highest BCUT2D eigenvalue weighted by atomic mass is 16.5. The van der Waals surface area contributed by atoms with E-state index < -0.39 is 0 Å². The van der Waals surface area contributed by atoms with Crippen LogP contribution in [0.4, 0.5) is 5.95 Å². The fraction of sp³-hybridized carbons (Fsp3) is 0.368. The highest BCUT2D eigenvalue weighted by molar-refractivity contribution is 5.97. The van der Waals surface area contributed by atoms with E-state index in [2.05, 4.69) is 20.4 Å². The van der Waals surface area contributed by atoms with Crippen LogP contribution >= 0.6 is 0 Å². The van der Waals surface area contributed by atoms with E-state index in [0.29, 0.717) is 42.5 Å². The average molecular weight is 364 g/mol. The zero-order valence-electron chi connectivity index (χ0n) is 15.0. The van der Waals surface area contributed by atoms with Crippen LogP contribution in [-0.4, -0.2) is 58.4 Å². The number of nitrogens with one attached hydrogen (secondary N) is 2. The van der Waals surface area contributed by atoms with Gasteiger partial charge in [-0.1, -0.05) is 12.1 Å². The van der Waals surface area contributed by atoms with Crippen LogP contribution in [0.3, 0.4) is 0 Å². The number of hydrogen-bond donors (Lipinski definition) is 2. The van der Waals surface area contributed by atoms with Crippen LogP contribution in [0, 0.1) is 0 Å². The van der Waals surface area contributed by atoms with Crippen LogP contribution < -0.4 is 10.2 Å². The van der Waals surface area contributed by atoms with Gasteiger partial charge in [0.25, 0.3) is 5.91 Å². The number of aromatic amines is 1. The Morgan fingerprint density at radius 2 is 2.07 bits per heavy atom. The molecule has 0 spiro atoms. The highest BCUT2D eigenvalue weighted by Crippen LogP contribution is 2.35. The van der Waals surface area contributed by atoms with E-state index in [9.17, 15) is 4.79 Å². The number of hydrogen-bond acceptors (Lipinski definition) is 6. The molecule has 2 aliphatic rings.